The fourth-order valence-electron chi connectivity index (χ4n) is 2.13. The minimum Gasteiger partial charge on any atom is -0.460 e. The number of hydrogen-bond donors (Lipinski definition) is 1. The summed E-state index contributed by atoms with van der Waals surface area (Å²) in [6.45, 7) is 0.358. The summed E-state index contributed by atoms with van der Waals surface area (Å²) >= 11 is 0. The van der Waals surface area contributed by atoms with Crippen LogP contribution < -0.4 is 4.72 Å². The molecule has 2 rings (SSSR count). The molecular formula is C17H16N2O7S. The summed E-state index contributed by atoms with van der Waals surface area (Å²) in [5.41, 5.74) is 0.354. The van der Waals surface area contributed by atoms with E-state index in [0.717, 1.165) is 0 Å². The number of para-hydroxylation sites is 1. The second-order valence-corrected chi connectivity index (χ2v) is 7.22. The number of carbonyl (C=O) groups is 2. The number of esters is 1. The number of Topliss-reactive ketones (excluding diaryl/α,β-unsaturated/α-hetero) is 1. The number of ketones is 1. The number of rotatable bonds is 8. The highest BCUT2D eigenvalue weighted by Gasteiger charge is 2.18. The van der Waals surface area contributed by atoms with Crippen molar-refractivity contribution in [1.82, 2.24) is 4.72 Å². The monoisotopic (exact) mass is 392 g/mol. The zero-order valence-electron chi connectivity index (χ0n) is 14.2. The van der Waals surface area contributed by atoms with E-state index >= 15 is 0 Å². The molecule has 0 heterocycles. The SMILES string of the molecule is CC(=O)c1ccc(S(=O)(=O)NCC(=O)OCc2ccccc2[N+](=O)[O-])cc1. The third-order valence-electron chi connectivity index (χ3n) is 3.55. The quantitative estimate of drug-likeness (QED) is 0.313. The van der Waals surface area contributed by atoms with E-state index in [-0.39, 0.29) is 28.5 Å². The van der Waals surface area contributed by atoms with Crippen LogP contribution in [-0.4, -0.2) is 31.6 Å². The largest absolute Gasteiger partial charge is 0.460 e. The Morgan fingerprint density at radius 3 is 2.33 bits per heavy atom. The van der Waals surface area contributed by atoms with Crippen LogP contribution in [0.25, 0.3) is 0 Å². The van der Waals surface area contributed by atoms with Crippen molar-refractivity contribution < 1.29 is 27.7 Å². The number of hydrogen-bond acceptors (Lipinski definition) is 7. The summed E-state index contributed by atoms with van der Waals surface area (Å²) in [5, 5.41) is 10.9. The summed E-state index contributed by atoms with van der Waals surface area (Å²) in [6.07, 6.45) is 0. The van der Waals surface area contributed by atoms with E-state index in [0.29, 0.717) is 5.56 Å². The third-order valence-corrected chi connectivity index (χ3v) is 4.97. The molecule has 27 heavy (non-hydrogen) atoms. The number of ether oxygens (including phenoxy) is 1. The van der Waals surface area contributed by atoms with Gasteiger partial charge in [-0.05, 0) is 25.1 Å². The second-order valence-electron chi connectivity index (χ2n) is 5.45. The lowest BCUT2D eigenvalue weighted by molar-refractivity contribution is -0.385. The molecule has 2 aromatic carbocycles. The van der Waals surface area contributed by atoms with Crippen LogP contribution in [-0.2, 0) is 26.2 Å². The Labute approximate surface area is 155 Å². The molecule has 0 unspecified atom stereocenters. The van der Waals surface area contributed by atoms with E-state index in [4.69, 9.17) is 4.74 Å². The summed E-state index contributed by atoms with van der Waals surface area (Å²) in [7, 11) is -3.97. The van der Waals surface area contributed by atoms with Gasteiger partial charge in [0.05, 0.1) is 15.4 Å². The molecule has 0 aliphatic carbocycles. The van der Waals surface area contributed by atoms with Gasteiger partial charge in [0.2, 0.25) is 10.0 Å². The lowest BCUT2D eigenvalue weighted by atomic mass is 10.2. The average Bonchev–Trinajstić information content (AvgIpc) is 2.65. The van der Waals surface area contributed by atoms with E-state index in [1.807, 2.05) is 0 Å². The lowest BCUT2D eigenvalue weighted by Gasteiger charge is -2.08. The second kappa shape index (κ2) is 8.52. The van der Waals surface area contributed by atoms with Crippen molar-refractivity contribution in [2.75, 3.05) is 6.54 Å². The van der Waals surface area contributed by atoms with Gasteiger partial charge in [-0.25, -0.2) is 8.42 Å². The fourth-order valence-corrected chi connectivity index (χ4v) is 3.10. The van der Waals surface area contributed by atoms with Crippen molar-refractivity contribution >= 4 is 27.5 Å². The molecule has 2 aromatic rings. The van der Waals surface area contributed by atoms with Crippen LogP contribution in [0.4, 0.5) is 5.69 Å². The number of nitrogens with one attached hydrogen (secondary N) is 1. The molecule has 0 aliphatic heterocycles. The highest BCUT2D eigenvalue weighted by molar-refractivity contribution is 7.89. The van der Waals surface area contributed by atoms with E-state index in [2.05, 4.69) is 4.72 Å². The number of carbonyl (C=O) groups excluding carboxylic acids is 2. The van der Waals surface area contributed by atoms with Gasteiger partial charge in [0, 0.05) is 11.6 Å². The molecular weight excluding hydrogens is 376 g/mol. The Morgan fingerprint density at radius 2 is 1.74 bits per heavy atom. The molecule has 1 N–H and O–H groups in total. The smallest absolute Gasteiger partial charge is 0.321 e. The van der Waals surface area contributed by atoms with Gasteiger partial charge < -0.3 is 4.74 Å². The minimum atomic E-state index is -3.97. The summed E-state index contributed by atoms with van der Waals surface area (Å²) in [6, 6.07) is 11.0. The normalized spacial score (nSPS) is 11.0. The molecule has 0 radical (unpaired) electrons. The first-order valence-electron chi connectivity index (χ1n) is 7.69. The minimum absolute atomic E-state index is 0.112. The Morgan fingerprint density at radius 1 is 1.11 bits per heavy atom. The Bertz CT molecular complexity index is 969. The maximum atomic E-state index is 12.1. The summed E-state index contributed by atoms with van der Waals surface area (Å²) in [5.74, 6) is -1.09. The van der Waals surface area contributed by atoms with Crippen LogP contribution in [0.15, 0.2) is 53.4 Å². The Balaban J connectivity index is 1.95. The topological polar surface area (TPSA) is 133 Å². The average molecular weight is 392 g/mol. The lowest BCUT2D eigenvalue weighted by Crippen LogP contribution is -2.30. The number of benzene rings is 2. The Hall–Kier alpha value is -3.11. The van der Waals surface area contributed by atoms with Crippen LogP contribution in [0, 0.1) is 10.1 Å². The summed E-state index contributed by atoms with van der Waals surface area (Å²) < 4.78 is 31.2. The van der Waals surface area contributed by atoms with Gasteiger partial charge in [0.1, 0.15) is 13.2 Å². The zero-order valence-corrected chi connectivity index (χ0v) is 15.1. The molecule has 0 saturated heterocycles. The van der Waals surface area contributed by atoms with Crippen molar-refractivity contribution in [3.05, 3.63) is 69.8 Å². The summed E-state index contributed by atoms with van der Waals surface area (Å²) in [4.78, 5) is 33.1. The molecule has 0 aliphatic rings. The Kier molecular flexibility index (Phi) is 6.37. The van der Waals surface area contributed by atoms with Crippen LogP contribution in [0.2, 0.25) is 0 Å². The van der Waals surface area contributed by atoms with E-state index in [9.17, 15) is 28.1 Å². The van der Waals surface area contributed by atoms with Crippen molar-refractivity contribution in [3.63, 3.8) is 0 Å². The molecule has 0 amide bonds. The van der Waals surface area contributed by atoms with Crippen molar-refractivity contribution in [2.45, 2.75) is 18.4 Å². The van der Waals surface area contributed by atoms with Gasteiger partial charge in [-0.15, -0.1) is 0 Å². The number of nitrogens with zero attached hydrogens (tertiary/aromatic N) is 1. The maximum Gasteiger partial charge on any atom is 0.321 e. The number of sulfonamides is 1. The van der Waals surface area contributed by atoms with Crippen molar-refractivity contribution in [2.24, 2.45) is 0 Å². The first kappa shape index (κ1) is 20.2. The van der Waals surface area contributed by atoms with Crippen LogP contribution in [0.5, 0.6) is 0 Å². The molecule has 0 fully saturated rings. The van der Waals surface area contributed by atoms with Gasteiger partial charge in [-0.2, -0.15) is 4.72 Å². The first-order valence-corrected chi connectivity index (χ1v) is 9.17. The van der Waals surface area contributed by atoms with Crippen molar-refractivity contribution in [1.29, 1.82) is 0 Å². The van der Waals surface area contributed by atoms with Gasteiger partial charge in [0.25, 0.3) is 5.69 Å². The van der Waals surface area contributed by atoms with E-state index < -0.39 is 27.5 Å². The molecule has 0 spiro atoms. The molecule has 10 heteroatoms. The number of nitro benzene ring substituents is 1. The van der Waals surface area contributed by atoms with Gasteiger partial charge in [-0.3, -0.25) is 19.7 Å². The van der Waals surface area contributed by atoms with Crippen LogP contribution in [0.3, 0.4) is 0 Å². The number of nitro groups is 1. The highest BCUT2D eigenvalue weighted by atomic mass is 32.2. The molecule has 0 saturated carbocycles. The zero-order chi connectivity index (χ0) is 20.0. The van der Waals surface area contributed by atoms with Gasteiger partial charge in [0.15, 0.2) is 5.78 Å². The fraction of sp³-hybridized carbons (Fsp3) is 0.176. The molecule has 0 atom stereocenters. The predicted molar refractivity (Wildman–Crippen MR) is 94.5 cm³/mol. The third kappa shape index (κ3) is 5.43. The van der Waals surface area contributed by atoms with Crippen LogP contribution >= 0.6 is 0 Å². The first-order chi connectivity index (χ1) is 12.7. The standard InChI is InChI=1S/C17H16N2O7S/c1-12(20)13-6-8-15(9-7-13)27(24,25)18-10-17(21)26-11-14-4-2-3-5-16(14)19(22)23/h2-9,18H,10-11H2,1H3. The molecule has 0 bridgehead atoms. The van der Waals surface area contributed by atoms with Gasteiger partial charge >= 0.3 is 5.97 Å². The highest BCUT2D eigenvalue weighted by Crippen LogP contribution is 2.18. The van der Waals surface area contributed by atoms with Crippen molar-refractivity contribution in [3.8, 4) is 0 Å². The predicted octanol–water partition coefficient (Wildman–Crippen LogP) is 1.82. The maximum absolute atomic E-state index is 12.1. The van der Waals surface area contributed by atoms with E-state index in [1.165, 1.54) is 49.4 Å². The molecule has 0 aromatic heterocycles. The molecule has 142 valence electrons. The van der Waals surface area contributed by atoms with E-state index in [1.54, 1.807) is 6.07 Å². The molecule has 9 nitrogen and oxygen atoms in total. The van der Waals surface area contributed by atoms with Gasteiger partial charge in [-0.1, -0.05) is 24.3 Å². The van der Waals surface area contributed by atoms with Crippen LogP contribution in [0.1, 0.15) is 22.8 Å².